The van der Waals surface area contributed by atoms with E-state index in [9.17, 15) is 4.79 Å². The Morgan fingerprint density at radius 1 is 1.50 bits per heavy atom. The van der Waals surface area contributed by atoms with Crippen molar-refractivity contribution in [2.24, 2.45) is 0 Å². The number of likely N-dealkylation sites (tertiary alicyclic amines) is 1. The molecule has 1 aliphatic heterocycles. The van der Waals surface area contributed by atoms with Crippen molar-refractivity contribution in [3.8, 4) is 0 Å². The number of nitrogens with zero attached hydrogens (tertiary/aromatic N) is 2. The predicted molar refractivity (Wildman–Crippen MR) is 71.2 cm³/mol. The molecule has 98 valence electrons. The lowest BCUT2D eigenvalue weighted by atomic mass is 10.2. The molecule has 18 heavy (non-hydrogen) atoms. The molecule has 0 saturated carbocycles. The lowest BCUT2D eigenvalue weighted by Crippen LogP contribution is -2.44. The van der Waals surface area contributed by atoms with Crippen molar-refractivity contribution in [3.05, 3.63) is 30.1 Å². The van der Waals surface area contributed by atoms with Gasteiger partial charge in [0.15, 0.2) is 0 Å². The molecule has 1 aromatic rings. The second-order valence-electron chi connectivity index (χ2n) is 4.82. The number of amides is 1. The zero-order valence-electron chi connectivity index (χ0n) is 10.9. The molecule has 1 amide bonds. The highest BCUT2D eigenvalue weighted by Crippen LogP contribution is 2.08. The summed E-state index contributed by atoms with van der Waals surface area (Å²) < 4.78 is 0. The van der Waals surface area contributed by atoms with Gasteiger partial charge in [-0.1, -0.05) is 6.07 Å². The Bertz CT molecular complexity index is 374. The number of carbonyl (C=O) groups excluding carboxylic acids is 1. The summed E-state index contributed by atoms with van der Waals surface area (Å²) in [5.74, 6) is 0.235. The Kier molecular flexibility index (Phi) is 4.70. The van der Waals surface area contributed by atoms with Gasteiger partial charge in [0.05, 0.1) is 6.04 Å². The molecule has 2 rings (SSSR count). The number of hydrogen-bond donors (Lipinski definition) is 1. The number of hydrogen-bond acceptors (Lipinski definition) is 3. The van der Waals surface area contributed by atoms with Crippen molar-refractivity contribution in [2.75, 3.05) is 19.6 Å². The molecular formula is C14H21N3O. The summed E-state index contributed by atoms with van der Waals surface area (Å²) in [6, 6.07) is 3.91. The van der Waals surface area contributed by atoms with Crippen LogP contribution in [0.1, 0.15) is 25.3 Å². The average molecular weight is 247 g/mol. The van der Waals surface area contributed by atoms with E-state index in [1.807, 2.05) is 24.1 Å². The second-order valence-corrected chi connectivity index (χ2v) is 4.82. The standard InChI is InChI=1S/C14H21N3O/c1-12(14(18)17-9-2-3-10-17)16-8-6-13-5-4-7-15-11-13/h4-5,7,11-12,16H,2-3,6,8-10H2,1H3. The van der Waals surface area contributed by atoms with E-state index in [2.05, 4.69) is 16.4 Å². The minimum absolute atomic E-state index is 0.0835. The van der Waals surface area contributed by atoms with Crippen LogP contribution in [0.15, 0.2) is 24.5 Å². The van der Waals surface area contributed by atoms with Crippen molar-refractivity contribution in [3.63, 3.8) is 0 Å². The Labute approximate surface area is 108 Å². The molecular weight excluding hydrogens is 226 g/mol. The first-order chi connectivity index (χ1) is 8.77. The lowest BCUT2D eigenvalue weighted by molar-refractivity contribution is -0.131. The largest absolute Gasteiger partial charge is 0.341 e. The van der Waals surface area contributed by atoms with Gasteiger partial charge in [-0.05, 0) is 44.4 Å². The zero-order valence-corrected chi connectivity index (χ0v) is 10.9. The number of carbonyl (C=O) groups is 1. The molecule has 1 unspecified atom stereocenters. The van der Waals surface area contributed by atoms with E-state index in [1.54, 1.807) is 6.20 Å². The monoisotopic (exact) mass is 247 g/mol. The molecule has 1 N–H and O–H groups in total. The summed E-state index contributed by atoms with van der Waals surface area (Å²) in [7, 11) is 0. The molecule has 1 aromatic heterocycles. The van der Waals surface area contributed by atoms with E-state index in [0.29, 0.717) is 0 Å². The van der Waals surface area contributed by atoms with Gasteiger partial charge < -0.3 is 10.2 Å². The maximum absolute atomic E-state index is 12.0. The van der Waals surface area contributed by atoms with E-state index >= 15 is 0 Å². The van der Waals surface area contributed by atoms with E-state index in [0.717, 1.165) is 38.9 Å². The maximum Gasteiger partial charge on any atom is 0.239 e. The number of aromatic nitrogens is 1. The quantitative estimate of drug-likeness (QED) is 0.851. The van der Waals surface area contributed by atoms with Crippen LogP contribution in [0.3, 0.4) is 0 Å². The second kappa shape index (κ2) is 6.50. The van der Waals surface area contributed by atoms with Gasteiger partial charge in [-0.15, -0.1) is 0 Å². The van der Waals surface area contributed by atoms with E-state index < -0.39 is 0 Å². The highest BCUT2D eigenvalue weighted by Gasteiger charge is 2.22. The van der Waals surface area contributed by atoms with E-state index in [1.165, 1.54) is 5.56 Å². The van der Waals surface area contributed by atoms with Crippen LogP contribution in [0.2, 0.25) is 0 Å². The van der Waals surface area contributed by atoms with Gasteiger partial charge in [-0.2, -0.15) is 0 Å². The number of nitrogens with one attached hydrogen (secondary N) is 1. The van der Waals surface area contributed by atoms with Crippen molar-refractivity contribution in [1.82, 2.24) is 15.2 Å². The molecule has 4 heteroatoms. The Hall–Kier alpha value is -1.42. The topological polar surface area (TPSA) is 45.2 Å². The highest BCUT2D eigenvalue weighted by atomic mass is 16.2. The summed E-state index contributed by atoms with van der Waals surface area (Å²) in [6.45, 7) is 4.61. The first kappa shape index (κ1) is 13.0. The van der Waals surface area contributed by atoms with Crippen LogP contribution in [0.4, 0.5) is 0 Å². The predicted octanol–water partition coefficient (Wildman–Crippen LogP) is 1.22. The van der Waals surface area contributed by atoms with Gasteiger partial charge in [0.25, 0.3) is 0 Å². The summed E-state index contributed by atoms with van der Waals surface area (Å²) in [4.78, 5) is 18.1. The summed E-state index contributed by atoms with van der Waals surface area (Å²) >= 11 is 0. The van der Waals surface area contributed by atoms with Crippen LogP contribution in [-0.4, -0.2) is 41.5 Å². The molecule has 0 aromatic carbocycles. The summed E-state index contributed by atoms with van der Waals surface area (Å²) in [5.41, 5.74) is 1.20. The molecule has 1 saturated heterocycles. The normalized spacial score (nSPS) is 16.8. The van der Waals surface area contributed by atoms with Crippen LogP contribution in [-0.2, 0) is 11.2 Å². The van der Waals surface area contributed by atoms with Gasteiger partial charge in [-0.3, -0.25) is 9.78 Å². The van der Waals surface area contributed by atoms with Gasteiger partial charge in [-0.25, -0.2) is 0 Å². The lowest BCUT2D eigenvalue weighted by Gasteiger charge is -2.21. The van der Waals surface area contributed by atoms with Crippen LogP contribution in [0.5, 0.6) is 0 Å². The third kappa shape index (κ3) is 3.53. The SMILES string of the molecule is CC(NCCc1cccnc1)C(=O)N1CCCC1. The molecule has 0 radical (unpaired) electrons. The number of pyridine rings is 1. The molecule has 1 aliphatic rings. The van der Waals surface area contributed by atoms with Gasteiger partial charge in [0, 0.05) is 25.5 Å². The Balaban J connectivity index is 1.71. The third-order valence-corrected chi connectivity index (χ3v) is 3.38. The summed E-state index contributed by atoms with van der Waals surface area (Å²) in [6.07, 6.45) is 6.85. The van der Waals surface area contributed by atoms with Crippen molar-refractivity contribution >= 4 is 5.91 Å². The Morgan fingerprint density at radius 3 is 2.94 bits per heavy atom. The Morgan fingerprint density at radius 2 is 2.28 bits per heavy atom. The fourth-order valence-corrected chi connectivity index (χ4v) is 2.28. The molecule has 1 atom stereocenters. The molecule has 1 fully saturated rings. The van der Waals surface area contributed by atoms with Crippen LogP contribution < -0.4 is 5.32 Å². The maximum atomic E-state index is 12.0. The fraction of sp³-hybridized carbons (Fsp3) is 0.571. The minimum atomic E-state index is -0.0835. The average Bonchev–Trinajstić information content (AvgIpc) is 2.93. The van der Waals surface area contributed by atoms with Gasteiger partial charge in [0.1, 0.15) is 0 Å². The van der Waals surface area contributed by atoms with E-state index in [-0.39, 0.29) is 11.9 Å². The van der Waals surface area contributed by atoms with Crippen LogP contribution >= 0.6 is 0 Å². The van der Waals surface area contributed by atoms with Gasteiger partial charge in [0.2, 0.25) is 5.91 Å². The number of rotatable bonds is 5. The first-order valence-electron chi connectivity index (χ1n) is 6.68. The third-order valence-electron chi connectivity index (χ3n) is 3.38. The summed E-state index contributed by atoms with van der Waals surface area (Å²) in [5, 5.41) is 3.29. The van der Waals surface area contributed by atoms with Crippen molar-refractivity contribution in [2.45, 2.75) is 32.2 Å². The molecule has 0 aliphatic carbocycles. The van der Waals surface area contributed by atoms with Gasteiger partial charge >= 0.3 is 0 Å². The molecule has 0 bridgehead atoms. The molecule has 4 nitrogen and oxygen atoms in total. The minimum Gasteiger partial charge on any atom is -0.341 e. The highest BCUT2D eigenvalue weighted by molar-refractivity contribution is 5.81. The first-order valence-corrected chi connectivity index (χ1v) is 6.68. The van der Waals surface area contributed by atoms with Crippen molar-refractivity contribution < 1.29 is 4.79 Å². The molecule has 2 heterocycles. The van der Waals surface area contributed by atoms with Crippen molar-refractivity contribution in [1.29, 1.82) is 0 Å². The van der Waals surface area contributed by atoms with Crippen LogP contribution in [0.25, 0.3) is 0 Å². The zero-order chi connectivity index (χ0) is 12.8. The van der Waals surface area contributed by atoms with E-state index in [4.69, 9.17) is 0 Å². The molecule has 0 spiro atoms. The fourth-order valence-electron chi connectivity index (χ4n) is 2.28. The smallest absolute Gasteiger partial charge is 0.239 e. The van der Waals surface area contributed by atoms with Crippen LogP contribution in [0, 0.1) is 0 Å².